The Balaban J connectivity index is 1.25. The van der Waals surface area contributed by atoms with E-state index in [2.05, 4.69) is 87.8 Å². The number of aromatic nitrogens is 1. The number of thiophene rings is 1. The Morgan fingerprint density at radius 3 is 1.93 bits per heavy atom. The second-order valence-electron chi connectivity index (χ2n) is 10.8. The summed E-state index contributed by atoms with van der Waals surface area (Å²) in [6, 6.07) is 38.3. The van der Waals surface area contributed by atoms with Crippen molar-refractivity contribution in [2.75, 3.05) is 17.0 Å². The van der Waals surface area contributed by atoms with Crippen LogP contribution < -0.4 is 10.0 Å². The minimum absolute atomic E-state index is 0.230. The van der Waals surface area contributed by atoms with Gasteiger partial charge in [0.1, 0.15) is 9.90 Å². The fraction of sp³-hybridized carbons (Fsp3) is 0.139. The molecule has 2 aromatic heterocycles. The van der Waals surface area contributed by atoms with E-state index in [1.807, 2.05) is 32.0 Å². The van der Waals surface area contributed by atoms with Gasteiger partial charge < -0.3 is 10.3 Å². The number of aryl methyl sites for hydroxylation is 2. The summed E-state index contributed by atoms with van der Waals surface area (Å²) in [4.78, 5) is 16.6. The molecule has 0 atom stereocenters. The van der Waals surface area contributed by atoms with E-state index in [1.54, 1.807) is 41.4 Å². The number of H-pyrrole nitrogens is 1. The van der Waals surface area contributed by atoms with Gasteiger partial charge in [-0.2, -0.15) is 0 Å². The van der Waals surface area contributed by atoms with Crippen molar-refractivity contribution in [1.29, 1.82) is 0 Å². The van der Waals surface area contributed by atoms with Gasteiger partial charge in [0.25, 0.3) is 15.9 Å². The quantitative estimate of drug-likeness (QED) is 0.0976. The van der Waals surface area contributed by atoms with E-state index in [0.717, 1.165) is 44.5 Å². The van der Waals surface area contributed by atoms with Crippen molar-refractivity contribution in [1.82, 2.24) is 10.3 Å². The van der Waals surface area contributed by atoms with Gasteiger partial charge in [-0.3, -0.25) is 9.52 Å². The lowest BCUT2D eigenvalue weighted by Gasteiger charge is -2.35. The van der Waals surface area contributed by atoms with Crippen molar-refractivity contribution in [3.05, 3.63) is 154 Å². The summed E-state index contributed by atoms with van der Waals surface area (Å²) < 4.78 is 28.5. The van der Waals surface area contributed by atoms with Crippen molar-refractivity contribution in [3.63, 3.8) is 0 Å². The molecule has 3 N–H and O–H groups in total. The maximum Gasteiger partial charge on any atom is 0.271 e. The number of thioether (sulfide) groups is 1. The van der Waals surface area contributed by atoms with Gasteiger partial charge in [-0.25, -0.2) is 8.42 Å². The Morgan fingerprint density at radius 2 is 1.40 bits per heavy atom. The molecule has 228 valence electrons. The molecule has 0 aliphatic rings. The second kappa shape index (κ2) is 13.0. The molecule has 6 rings (SSSR count). The van der Waals surface area contributed by atoms with E-state index < -0.39 is 14.8 Å². The van der Waals surface area contributed by atoms with E-state index in [0.29, 0.717) is 29.2 Å². The molecule has 4 aromatic carbocycles. The molecular weight excluding hydrogens is 619 g/mol. The van der Waals surface area contributed by atoms with Gasteiger partial charge in [0.15, 0.2) is 0 Å². The molecule has 0 aliphatic heterocycles. The molecule has 6 nitrogen and oxygen atoms in total. The van der Waals surface area contributed by atoms with Crippen LogP contribution in [0, 0.1) is 13.8 Å². The Hall–Kier alpha value is -4.31. The highest BCUT2D eigenvalue weighted by atomic mass is 32.2. The van der Waals surface area contributed by atoms with E-state index >= 15 is 0 Å². The summed E-state index contributed by atoms with van der Waals surface area (Å²) >= 11 is 2.94. The molecule has 2 heterocycles. The Morgan fingerprint density at radius 1 is 0.822 bits per heavy atom. The zero-order valence-corrected chi connectivity index (χ0v) is 27.4. The number of hydrogen-bond donors (Lipinski definition) is 3. The number of benzene rings is 4. The van der Waals surface area contributed by atoms with Gasteiger partial charge in [-0.05, 0) is 65.2 Å². The van der Waals surface area contributed by atoms with Gasteiger partial charge in [-0.15, -0.1) is 23.1 Å². The molecule has 0 spiro atoms. The van der Waals surface area contributed by atoms with Gasteiger partial charge in [0, 0.05) is 17.7 Å². The predicted octanol–water partition coefficient (Wildman–Crippen LogP) is 8.10. The van der Waals surface area contributed by atoms with Crippen LogP contribution in [0.4, 0.5) is 5.69 Å². The molecule has 9 heteroatoms. The standard InChI is InChI=1S/C36H33N3O3S3/c1-25-23-31(39-45(41,42)33-19-12-21-43-33)34-30(26(25)2)24-32(38-34)35(40)37-20-22-44-36(27-13-6-3-7-14-27,28-15-8-4-9-16-28)29-17-10-5-11-18-29/h3-19,21,23-24,38-39H,20,22H2,1-2H3,(H,37,40). The number of nitrogens with one attached hydrogen (secondary N) is 3. The molecule has 1 amide bonds. The number of hydrogen-bond acceptors (Lipinski definition) is 5. The summed E-state index contributed by atoms with van der Waals surface area (Å²) in [7, 11) is -3.76. The van der Waals surface area contributed by atoms with Crippen LogP contribution in [-0.4, -0.2) is 31.6 Å². The van der Waals surface area contributed by atoms with E-state index in [4.69, 9.17) is 0 Å². The van der Waals surface area contributed by atoms with Crippen LogP contribution in [0.25, 0.3) is 10.9 Å². The molecule has 0 saturated heterocycles. The predicted molar refractivity (Wildman–Crippen MR) is 187 cm³/mol. The molecule has 6 aromatic rings. The number of carbonyl (C=O) groups excluding carboxylic acids is 1. The molecule has 0 saturated carbocycles. The fourth-order valence-electron chi connectivity index (χ4n) is 5.62. The third-order valence-corrected chi connectivity index (χ3v) is 12.3. The smallest absolute Gasteiger partial charge is 0.271 e. The van der Waals surface area contributed by atoms with Gasteiger partial charge >= 0.3 is 0 Å². The second-order valence-corrected chi connectivity index (χ2v) is 14.9. The molecule has 0 radical (unpaired) electrons. The number of rotatable bonds is 11. The highest BCUT2D eigenvalue weighted by Crippen LogP contribution is 2.48. The molecule has 0 bridgehead atoms. The first-order chi connectivity index (χ1) is 21.8. The first kappa shape index (κ1) is 30.7. The fourth-order valence-corrected chi connectivity index (χ4v) is 9.09. The molecule has 0 aliphatic carbocycles. The molecule has 45 heavy (non-hydrogen) atoms. The lowest BCUT2D eigenvalue weighted by atomic mass is 9.84. The zero-order chi connectivity index (χ0) is 31.4. The van der Waals surface area contributed by atoms with E-state index in [-0.39, 0.29) is 10.1 Å². The highest BCUT2D eigenvalue weighted by Gasteiger charge is 2.36. The minimum Gasteiger partial charge on any atom is -0.350 e. The number of fused-ring (bicyclic) bond motifs is 1. The summed E-state index contributed by atoms with van der Waals surface area (Å²) in [6.07, 6.45) is 0. The SMILES string of the molecule is Cc1cc(NS(=O)(=O)c2cccs2)c2[nH]c(C(=O)NCCSC(c3ccccc3)(c3ccccc3)c3ccccc3)cc2c1C. The lowest BCUT2D eigenvalue weighted by Crippen LogP contribution is -2.30. The van der Waals surface area contributed by atoms with Crippen LogP contribution in [0.2, 0.25) is 0 Å². The normalized spacial score (nSPS) is 11.9. The first-order valence-electron chi connectivity index (χ1n) is 14.6. The third kappa shape index (κ3) is 6.16. The minimum atomic E-state index is -3.76. The van der Waals surface area contributed by atoms with Gasteiger partial charge in [0.2, 0.25) is 0 Å². The third-order valence-electron chi connectivity index (χ3n) is 7.94. The van der Waals surface area contributed by atoms with Crippen molar-refractivity contribution in [3.8, 4) is 0 Å². The summed E-state index contributed by atoms with van der Waals surface area (Å²) in [5.74, 6) is 0.398. The van der Waals surface area contributed by atoms with Crippen LogP contribution in [0.3, 0.4) is 0 Å². The average molecular weight is 652 g/mol. The topological polar surface area (TPSA) is 91.1 Å². The maximum atomic E-state index is 13.4. The van der Waals surface area contributed by atoms with E-state index in [9.17, 15) is 13.2 Å². The number of amides is 1. The largest absolute Gasteiger partial charge is 0.350 e. The van der Waals surface area contributed by atoms with Crippen LogP contribution >= 0.6 is 23.1 Å². The Bertz CT molecular complexity index is 1930. The van der Waals surface area contributed by atoms with Crippen molar-refractivity contribution in [2.45, 2.75) is 22.8 Å². The maximum absolute atomic E-state index is 13.4. The molecular formula is C36H33N3O3S3. The lowest BCUT2D eigenvalue weighted by molar-refractivity contribution is 0.0952. The van der Waals surface area contributed by atoms with Crippen LogP contribution in [0.5, 0.6) is 0 Å². The van der Waals surface area contributed by atoms with E-state index in [1.165, 1.54) is 0 Å². The number of sulfonamides is 1. The number of carbonyl (C=O) groups is 1. The summed E-state index contributed by atoms with van der Waals surface area (Å²) in [5.41, 5.74) is 6.76. The Labute approximate surface area is 272 Å². The highest BCUT2D eigenvalue weighted by molar-refractivity contribution is 8.00. The van der Waals surface area contributed by atoms with Crippen LogP contribution in [0.1, 0.15) is 38.3 Å². The first-order valence-corrected chi connectivity index (χ1v) is 17.9. The zero-order valence-electron chi connectivity index (χ0n) is 24.9. The van der Waals surface area contributed by atoms with Gasteiger partial charge in [0.05, 0.1) is 16.0 Å². The number of anilines is 1. The monoisotopic (exact) mass is 651 g/mol. The summed E-state index contributed by atoms with van der Waals surface area (Å²) in [6.45, 7) is 4.33. The van der Waals surface area contributed by atoms with Crippen molar-refractivity contribution in [2.24, 2.45) is 0 Å². The molecule has 0 fully saturated rings. The van der Waals surface area contributed by atoms with Crippen LogP contribution in [-0.2, 0) is 14.8 Å². The average Bonchev–Trinajstić information content (AvgIpc) is 3.77. The number of aromatic amines is 1. The Kier molecular flexibility index (Phi) is 8.85. The molecule has 0 unspecified atom stereocenters. The van der Waals surface area contributed by atoms with Crippen LogP contribution in [0.15, 0.2) is 125 Å². The van der Waals surface area contributed by atoms with Gasteiger partial charge in [-0.1, -0.05) is 97.1 Å². The van der Waals surface area contributed by atoms with Crippen molar-refractivity contribution < 1.29 is 13.2 Å². The summed E-state index contributed by atoms with van der Waals surface area (Å²) in [5, 5.41) is 5.61. The van der Waals surface area contributed by atoms with Crippen molar-refractivity contribution >= 4 is 55.6 Å².